The van der Waals surface area contributed by atoms with E-state index in [1.165, 1.54) is 28.6 Å². The highest BCUT2D eigenvalue weighted by Crippen LogP contribution is 2.18. The summed E-state index contributed by atoms with van der Waals surface area (Å²) in [6, 6.07) is 9.25. The molecule has 0 unspecified atom stereocenters. The molecular formula is C19H21F2N3O3S. The van der Waals surface area contributed by atoms with E-state index in [1.54, 1.807) is 17.9 Å². The Bertz CT molecular complexity index is 957. The van der Waals surface area contributed by atoms with E-state index in [1.807, 2.05) is 0 Å². The van der Waals surface area contributed by atoms with Gasteiger partial charge in [-0.2, -0.15) is 4.31 Å². The molecule has 1 aliphatic heterocycles. The molecule has 1 fully saturated rings. The van der Waals surface area contributed by atoms with E-state index in [-0.39, 0.29) is 36.1 Å². The van der Waals surface area contributed by atoms with Crippen molar-refractivity contribution in [1.82, 2.24) is 9.21 Å². The molecule has 6 nitrogen and oxygen atoms in total. The summed E-state index contributed by atoms with van der Waals surface area (Å²) < 4.78 is 53.4. The van der Waals surface area contributed by atoms with E-state index in [2.05, 4.69) is 5.32 Å². The lowest BCUT2D eigenvalue weighted by Gasteiger charge is -2.33. The SMILES string of the molecule is Cc1ccc(NC(=O)CN2CCN(S(=O)(=O)c3ccc(F)cc3)CC2)c(F)c1. The van der Waals surface area contributed by atoms with Crippen LogP contribution < -0.4 is 5.32 Å². The average molecular weight is 409 g/mol. The van der Waals surface area contributed by atoms with Gasteiger partial charge in [0.1, 0.15) is 11.6 Å². The molecule has 9 heteroatoms. The van der Waals surface area contributed by atoms with Crippen LogP contribution in [-0.4, -0.2) is 56.3 Å². The first-order chi connectivity index (χ1) is 13.3. The number of amides is 1. The Balaban J connectivity index is 1.55. The van der Waals surface area contributed by atoms with Crippen molar-refractivity contribution in [1.29, 1.82) is 0 Å². The third-order valence-electron chi connectivity index (χ3n) is 4.55. The van der Waals surface area contributed by atoms with Crippen LogP contribution in [0.4, 0.5) is 14.5 Å². The topological polar surface area (TPSA) is 69.7 Å². The van der Waals surface area contributed by atoms with E-state index in [0.717, 1.165) is 17.7 Å². The van der Waals surface area contributed by atoms with Crippen molar-refractivity contribution in [2.24, 2.45) is 0 Å². The second-order valence-corrected chi connectivity index (χ2v) is 8.60. The third-order valence-corrected chi connectivity index (χ3v) is 6.46. The van der Waals surface area contributed by atoms with E-state index in [4.69, 9.17) is 0 Å². The molecule has 3 rings (SSSR count). The number of hydrogen-bond acceptors (Lipinski definition) is 4. The van der Waals surface area contributed by atoms with E-state index in [9.17, 15) is 22.0 Å². The number of sulfonamides is 1. The molecule has 0 saturated carbocycles. The van der Waals surface area contributed by atoms with Crippen molar-refractivity contribution in [2.75, 3.05) is 38.0 Å². The van der Waals surface area contributed by atoms with E-state index >= 15 is 0 Å². The predicted octanol–water partition coefficient (Wildman–Crippen LogP) is 2.22. The van der Waals surface area contributed by atoms with E-state index in [0.29, 0.717) is 13.1 Å². The van der Waals surface area contributed by atoms with Gasteiger partial charge in [-0.25, -0.2) is 17.2 Å². The Morgan fingerprint density at radius 2 is 1.68 bits per heavy atom. The molecule has 2 aromatic carbocycles. The number of carbonyl (C=O) groups is 1. The molecule has 1 saturated heterocycles. The lowest BCUT2D eigenvalue weighted by Crippen LogP contribution is -2.50. The zero-order valence-corrected chi connectivity index (χ0v) is 16.2. The van der Waals surface area contributed by atoms with Crippen molar-refractivity contribution in [3.8, 4) is 0 Å². The highest BCUT2D eigenvalue weighted by molar-refractivity contribution is 7.89. The Morgan fingerprint density at radius 1 is 1.04 bits per heavy atom. The van der Waals surface area contributed by atoms with Crippen LogP contribution in [-0.2, 0) is 14.8 Å². The zero-order valence-electron chi connectivity index (χ0n) is 15.4. The fraction of sp³-hybridized carbons (Fsp3) is 0.316. The first-order valence-corrected chi connectivity index (χ1v) is 10.2. The summed E-state index contributed by atoms with van der Waals surface area (Å²) in [4.78, 5) is 14.0. The first-order valence-electron chi connectivity index (χ1n) is 8.80. The minimum atomic E-state index is -3.70. The van der Waals surface area contributed by atoms with Gasteiger partial charge in [0, 0.05) is 26.2 Å². The van der Waals surface area contributed by atoms with Crippen LogP contribution in [0.3, 0.4) is 0 Å². The molecule has 0 spiro atoms. The normalized spacial score (nSPS) is 16.1. The molecular weight excluding hydrogens is 388 g/mol. The van der Waals surface area contributed by atoms with Gasteiger partial charge in [0.25, 0.3) is 0 Å². The third kappa shape index (κ3) is 4.73. The summed E-state index contributed by atoms with van der Waals surface area (Å²) in [5, 5.41) is 2.53. The number of benzene rings is 2. The number of nitrogens with zero attached hydrogens (tertiary/aromatic N) is 2. The molecule has 0 radical (unpaired) electrons. The van der Waals surface area contributed by atoms with Crippen molar-refractivity contribution in [2.45, 2.75) is 11.8 Å². The second-order valence-electron chi connectivity index (χ2n) is 6.67. The standard InChI is InChI=1S/C19H21F2N3O3S/c1-14-2-7-18(17(21)12-14)22-19(25)13-23-8-10-24(11-9-23)28(26,27)16-5-3-15(20)4-6-16/h2-7,12H,8-11,13H2,1H3,(H,22,25). The van der Waals surface area contributed by atoms with Crippen LogP contribution in [0.15, 0.2) is 47.4 Å². The number of carbonyl (C=O) groups excluding carboxylic acids is 1. The number of aryl methyl sites for hydroxylation is 1. The maximum atomic E-state index is 13.8. The summed E-state index contributed by atoms with van der Waals surface area (Å²) in [5.74, 6) is -1.36. The summed E-state index contributed by atoms with van der Waals surface area (Å²) in [7, 11) is -3.70. The number of hydrogen-bond donors (Lipinski definition) is 1. The maximum Gasteiger partial charge on any atom is 0.243 e. The molecule has 0 bridgehead atoms. The van der Waals surface area contributed by atoms with Gasteiger partial charge in [-0.05, 0) is 48.9 Å². The zero-order chi connectivity index (χ0) is 20.3. The Morgan fingerprint density at radius 3 is 2.29 bits per heavy atom. The molecule has 0 aliphatic carbocycles. The molecule has 0 atom stereocenters. The van der Waals surface area contributed by atoms with Crippen LogP contribution >= 0.6 is 0 Å². The van der Waals surface area contributed by atoms with Gasteiger partial charge >= 0.3 is 0 Å². The minimum Gasteiger partial charge on any atom is -0.322 e. The summed E-state index contributed by atoms with van der Waals surface area (Å²) in [6.07, 6.45) is 0. The number of halogens is 2. The molecule has 150 valence electrons. The quantitative estimate of drug-likeness (QED) is 0.822. The Kier molecular flexibility index (Phi) is 6.07. The van der Waals surface area contributed by atoms with Crippen molar-refractivity contribution >= 4 is 21.6 Å². The molecule has 1 heterocycles. The van der Waals surface area contributed by atoms with Gasteiger partial charge in [0.05, 0.1) is 17.1 Å². The lowest BCUT2D eigenvalue weighted by molar-refractivity contribution is -0.117. The molecule has 1 amide bonds. The van der Waals surface area contributed by atoms with Crippen LogP contribution in [0.25, 0.3) is 0 Å². The van der Waals surface area contributed by atoms with Crippen molar-refractivity contribution in [3.05, 3.63) is 59.7 Å². The molecule has 0 aromatic heterocycles. The largest absolute Gasteiger partial charge is 0.322 e. The summed E-state index contributed by atoms with van der Waals surface area (Å²) >= 11 is 0. The van der Waals surface area contributed by atoms with Crippen LogP contribution in [0.1, 0.15) is 5.56 Å². The number of piperazine rings is 1. The average Bonchev–Trinajstić information content (AvgIpc) is 2.65. The first kappa shape index (κ1) is 20.4. The fourth-order valence-corrected chi connectivity index (χ4v) is 4.42. The second kappa shape index (κ2) is 8.34. The fourth-order valence-electron chi connectivity index (χ4n) is 3.00. The molecule has 28 heavy (non-hydrogen) atoms. The van der Waals surface area contributed by atoms with Gasteiger partial charge < -0.3 is 5.32 Å². The molecule has 2 aromatic rings. The predicted molar refractivity (Wildman–Crippen MR) is 101 cm³/mol. The van der Waals surface area contributed by atoms with Crippen LogP contribution in [0.5, 0.6) is 0 Å². The monoisotopic (exact) mass is 409 g/mol. The number of nitrogens with one attached hydrogen (secondary N) is 1. The molecule has 1 N–H and O–H groups in total. The maximum absolute atomic E-state index is 13.8. The summed E-state index contributed by atoms with van der Waals surface area (Å²) in [5.41, 5.74) is 0.877. The van der Waals surface area contributed by atoms with Crippen LogP contribution in [0.2, 0.25) is 0 Å². The highest BCUT2D eigenvalue weighted by Gasteiger charge is 2.29. The Labute approximate surface area is 162 Å². The smallest absolute Gasteiger partial charge is 0.243 e. The van der Waals surface area contributed by atoms with Gasteiger partial charge in [-0.15, -0.1) is 0 Å². The highest BCUT2D eigenvalue weighted by atomic mass is 32.2. The van der Waals surface area contributed by atoms with E-state index < -0.39 is 21.7 Å². The van der Waals surface area contributed by atoms with Gasteiger partial charge in [-0.3, -0.25) is 9.69 Å². The lowest BCUT2D eigenvalue weighted by atomic mass is 10.2. The minimum absolute atomic E-state index is 0.0370. The van der Waals surface area contributed by atoms with Gasteiger partial charge in [0.15, 0.2) is 0 Å². The number of rotatable bonds is 5. The molecule has 1 aliphatic rings. The van der Waals surface area contributed by atoms with Gasteiger partial charge in [-0.1, -0.05) is 6.07 Å². The Hall–Kier alpha value is -2.36. The summed E-state index contributed by atoms with van der Waals surface area (Å²) in [6.45, 7) is 2.96. The van der Waals surface area contributed by atoms with Crippen LogP contribution in [0, 0.1) is 18.6 Å². The van der Waals surface area contributed by atoms with Crippen molar-refractivity contribution < 1.29 is 22.0 Å². The van der Waals surface area contributed by atoms with Crippen molar-refractivity contribution in [3.63, 3.8) is 0 Å². The number of anilines is 1. The van der Waals surface area contributed by atoms with Gasteiger partial charge in [0.2, 0.25) is 15.9 Å².